The minimum absolute atomic E-state index is 0.120. The number of carbonyl (C=O) groups excluding carboxylic acids is 3. The van der Waals surface area contributed by atoms with Gasteiger partial charge in [0.15, 0.2) is 0 Å². The van der Waals surface area contributed by atoms with E-state index in [9.17, 15) is 40.7 Å². The van der Waals surface area contributed by atoms with Crippen molar-refractivity contribution in [2.45, 2.75) is 45.6 Å². The SMILES string of the molecule is Cc1ccccc1C(=O)C(=CC(F)(F)F)N(C(=O)OC(C)(C)C)C(=O)C(F)(F)F. The van der Waals surface area contributed by atoms with Gasteiger partial charge in [0, 0.05) is 11.6 Å². The minimum atomic E-state index is -5.76. The molecule has 0 unspecified atom stereocenters. The molecule has 0 atom stereocenters. The van der Waals surface area contributed by atoms with Gasteiger partial charge >= 0.3 is 24.4 Å². The van der Waals surface area contributed by atoms with Gasteiger partial charge in [0.2, 0.25) is 5.78 Å². The van der Waals surface area contributed by atoms with Crippen LogP contribution in [0.1, 0.15) is 36.7 Å². The Morgan fingerprint density at radius 2 is 1.48 bits per heavy atom. The number of ether oxygens (including phenoxy) is 1. The molecule has 0 aliphatic carbocycles. The normalized spacial score (nSPS) is 13.1. The fourth-order valence-corrected chi connectivity index (χ4v) is 2.08. The summed E-state index contributed by atoms with van der Waals surface area (Å²) < 4.78 is 82.7. The van der Waals surface area contributed by atoms with Gasteiger partial charge in [-0.1, -0.05) is 24.3 Å². The molecule has 0 heterocycles. The molecule has 0 saturated heterocycles. The number of hydrogen-bond acceptors (Lipinski definition) is 4. The predicted octanol–water partition coefficient (Wildman–Crippen LogP) is 4.95. The molecular weight excluding hydrogens is 408 g/mol. The molecule has 160 valence electrons. The van der Waals surface area contributed by atoms with Crippen molar-refractivity contribution in [3.05, 3.63) is 47.2 Å². The van der Waals surface area contributed by atoms with Crippen LogP contribution in [0.2, 0.25) is 0 Å². The molecule has 29 heavy (non-hydrogen) atoms. The Kier molecular flexibility index (Phi) is 6.89. The Morgan fingerprint density at radius 3 is 1.90 bits per heavy atom. The zero-order chi connectivity index (χ0) is 22.8. The Hall–Kier alpha value is -2.85. The summed E-state index contributed by atoms with van der Waals surface area (Å²) in [5.41, 5.74) is -3.60. The summed E-state index contributed by atoms with van der Waals surface area (Å²) in [5.74, 6) is -4.60. The first-order valence-corrected chi connectivity index (χ1v) is 7.98. The number of carbonyl (C=O) groups is 3. The molecular formula is C18H17F6NO4. The standard InChI is InChI=1S/C18H17F6NO4/c1-10-7-5-6-8-11(10)13(26)12(9-17(19,20)21)25(14(27)18(22,23)24)15(28)29-16(2,3)4/h5-9H,1-4H3. The van der Waals surface area contributed by atoms with Crippen LogP contribution in [0.3, 0.4) is 0 Å². The number of hydrogen-bond donors (Lipinski definition) is 0. The highest BCUT2D eigenvalue weighted by Crippen LogP contribution is 2.29. The smallest absolute Gasteiger partial charge is 0.443 e. The van der Waals surface area contributed by atoms with Gasteiger partial charge in [-0.15, -0.1) is 0 Å². The molecule has 5 nitrogen and oxygen atoms in total. The lowest BCUT2D eigenvalue weighted by atomic mass is 10.0. The van der Waals surface area contributed by atoms with E-state index < -0.39 is 58.0 Å². The third-order valence-corrected chi connectivity index (χ3v) is 3.19. The Balaban J connectivity index is 3.71. The molecule has 0 fully saturated rings. The van der Waals surface area contributed by atoms with Gasteiger partial charge in [-0.05, 0) is 33.3 Å². The maximum Gasteiger partial charge on any atom is 0.472 e. The highest BCUT2D eigenvalue weighted by Gasteiger charge is 2.49. The lowest BCUT2D eigenvalue weighted by Crippen LogP contribution is -2.48. The van der Waals surface area contributed by atoms with E-state index in [1.54, 1.807) is 0 Å². The highest BCUT2D eigenvalue weighted by atomic mass is 19.4. The Bertz CT molecular complexity index is 834. The number of allylic oxidation sites excluding steroid dienone is 2. The maximum absolute atomic E-state index is 13.0. The quantitative estimate of drug-likeness (QED) is 0.391. The molecule has 1 aromatic carbocycles. The second-order valence-corrected chi connectivity index (χ2v) is 6.83. The van der Waals surface area contributed by atoms with Crippen molar-refractivity contribution in [1.29, 1.82) is 0 Å². The number of ketones is 1. The molecule has 0 aromatic heterocycles. The van der Waals surface area contributed by atoms with Gasteiger partial charge in [-0.2, -0.15) is 26.3 Å². The summed E-state index contributed by atoms with van der Waals surface area (Å²) >= 11 is 0. The van der Waals surface area contributed by atoms with Crippen LogP contribution >= 0.6 is 0 Å². The third kappa shape index (κ3) is 6.91. The van der Waals surface area contributed by atoms with Gasteiger partial charge in [0.1, 0.15) is 11.3 Å². The van der Waals surface area contributed by atoms with E-state index in [0.29, 0.717) is 0 Å². The number of halogens is 6. The van der Waals surface area contributed by atoms with E-state index in [1.807, 2.05) is 0 Å². The average Bonchev–Trinajstić information content (AvgIpc) is 2.50. The van der Waals surface area contributed by atoms with Crippen LogP contribution in [0.25, 0.3) is 0 Å². The fraction of sp³-hybridized carbons (Fsp3) is 0.389. The monoisotopic (exact) mass is 425 g/mol. The number of rotatable bonds is 3. The van der Waals surface area contributed by atoms with Crippen LogP contribution in [0, 0.1) is 6.92 Å². The average molecular weight is 425 g/mol. The second kappa shape index (κ2) is 8.26. The molecule has 0 saturated carbocycles. The van der Waals surface area contributed by atoms with Crippen LogP contribution in [-0.2, 0) is 9.53 Å². The van der Waals surface area contributed by atoms with Crippen molar-refractivity contribution in [3.8, 4) is 0 Å². The van der Waals surface area contributed by atoms with E-state index in [2.05, 4.69) is 4.74 Å². The third-order valence-electron chi connectivity index (χ3n) is 3.19. The minimum Gasteiger partial charge on any atom is -0.443 e. The summed E-state index contributed by atoms with van der Waals surface area (Å²) in [4.78, 5) is 35.7. The number of alkyl halides is 6. The van der Waals surface area contributed by atoms with Crippen molar-refractivity contribution in [2.75, 3.05) is 0 Å². The summed E-state index contributed by atoms with van der Waals surface area (Å²) in [6, 6.07) is 5.07. The molecule has 11 heteroatoms. The highest BCUT2D eigenvalue weighted by molar-refractivity contribution is 6.15. The van der Waals surface area contributed by atoms with E-state index in [1.165, 1.54) is 45.9 Å². The molecule has 1 rings (SSSR count). The first kappa shape index (κ1) is 24.2. The zero-order valence-electron chi connectivity index (χ0n) is 15.7. The first-order valence-electron chi connectivity index (χ1n) is 7.98. The van der Waals surface area contributed by atoms with E-state index in [-0.39, 0.29) is 5.56 Å². The number of Topliss-reactive ketones (excluding diaryl/α,β-unsaturated/α-hetero) is 1. The molecule has 0 bridgehead atoms. The largest absolute Gasteiger partial charge is 0.472 e. The van der Waals surface area contributed by atoms with Crippen LogP contribution in [0.4, 0.5) is 31.1 Å². The van der Waals surface area contributed by atoms with Gasteiger partial charge in [0.25, 0.3) is 0 Å². The maximum atomic E-state index is 13.0. The molecule has 0 N–H and O–H groups in total. The van der Waals surface area contributed by atoms with Gasteiger partial charge in [0.05, 0.1) is 0 Å². The molecule has 2 amide bonds. The summed E-state index contributed by atoms with van der Waals surface area (Å²) in [7, 11) is 0. The Labute approximate surface area is 161 Å². The molecule has 0 aliphatic rings. The summed E-state index contributed by atoms with van der Waals surface area (Å²) in [5, 5.41) is 0. The summed E-state index contributed by atoms with van der Waals surface area (Å²) in [6.07, 6.45) is -14.0. The number of nitrogens with zero attached hydrogens (tertiary/aromatic N) is 1. The summed E-state index contributed by atoms with van der Waals surface area (Å²) in [6.45, 7) is 4.98. The van der Waals surface area contributed by atoms with E-state index >= 15 is 0 Å². The fourth-order valence-electron chi connectivity index (χ4n) is 2.08. The van der Waals surface area contributed by atoms with Crippen LogP contribution in [-0.4, -0.2) is 40.6 Å². The number of imide groups is 1. The van der Waals surface area contributed by atoms with E-state index in [0.717, 1.165) is 6.07 Å². The zero-order valence-corrected chi connectivity index (χ0v) is 15.7. The molecule has 0 radical (unpaired) electrons. The van der Waals surface area contributed by atoms with Crippen LogP contribution < -0.4 is 0 Å². The first-order chi connectivity index (χ1) is 12.9. The van der Waals surface area contributed by atoms with Crippen molar-refractivity contribution in [2.24, 2.45) is 0 Å². The molecule has 0 spiro atoms. The van der Waals surface area contributed by atoms with Crippen molar-refractivity contribution < 1.29 is 45.5 Å². The Morgan fingerprint density at radius 1 is 0.966 bits per heavy atom. The topological polar surface area (TPSA) is 63.7 Å². The second-order valence-electron chi connectivity index (χ2n) is 6.83. The van der Waals surface area contributed by atoms with E-state index in [4.69, 9.17) is 0 Å². The van der Waals surface area contributed by atoms with Crippen molar-refractivity contribution in [1.82, 2.24) is 4.90 Å². The lowest BCUT2D eigenvalue weighted by Gasteiger charge is -2.28. The predicted molar refractivity (Wildman–Crippen MR) is 88.8 cm³/mol. The molecule has 0 aliphatic heterocycles. The van der Waals surface area contributed by atoms with Gasteiger partial charge in [-0.25, -0.2) is 9.69 Å². The number of benzene rings is 1. The van der Waals surface area contributed by atoms with Crippen LogP contribution in [0.15, 0.2) is 36.0 Å². The van der Waals surface area contributed by atoms with Gasteiger partial charge in [-0.3, -0.25) is 9.59 Å². The van der Waals surface area contributed by atoms with Crippen LogP contribution in [0.5, 0.6) is 0 Å². The molecule has 1 aromatic rings. The number of aryl methyl sites for hydroxylation is 1. The van der Waals surface area contributed by atoms with Crippen molar-refractivity contribution in [3.63, 3.8) is 0 Å². The lowest BCUT2D eigenvalue weighted by molar-refractivity contribution is -0.182. The van der Waals surface area contributed by atoms with Gasteiger partial charge < -0.3 is 4.74 Å². The number of amides is 2. The van der Waals surface area contributed by atoms with Crippen molar-refractivity contribution >= 4 is 17.8 Å².